The standard InChI is InChI=1S/C27H27BrN2O4/c1-16(2)33-20-9-5-17(6-10-20)22-15-23-21-14-19(28)8-12-24(21)34-27(30(23)29-22)18-7-11-25(31-3)26(13-18)32-4/h5-14,16,23,27H,15H2,1-4H3/t23-,27-/m1/s1. The van der Waals surface area contributed by atoms with Crippen molar-refractivity contribution in [1.82, 2.24) is 5.01 Å². The number of nitrogens with zero attached hydrogens (tertiary/aromatic N) is 2. The summed E-state index contributed by atoms with van der Waals surface area (Å²) >= 11 is 3.61. The third-order valence-corrected chi connectivity index (χ3v) is 6.50. The molecular weight excluding hydrogens is 496 g/mol. The van der Waals surface area contributed by atoms with E-state index in [0.29, 0.717) is 11.5 Å². The summed E-state index contributed by atoms with van der Waals surface area (Å²) in [6.07, 6.45) is 0.526. The van der Waals surface area contributed by atoms with Crippen molar-refractivity contribution in [2.75, 3.05) is 14.2 Å². The molecular formula is C27H27BrN2O4. The lowest BCUT2D eigenvalue weighted by Gasteiger charge is -2.38. The van der Waals surface area contributed by atoms with Gasteiger partial charge in [0.05, 0.1) is 32.1 Å². The highest BCUT2D eigenvalue weighted by Gasteiger charge is 2.41. The number of fused-ring (bicyclic) bond motifs is 3. The van der Waals surface area contributed by atoms with Crippen molar-refractivity contribution >= 4 is 21.6 Å². The van der Waals surface area contributed by atoms with Crippen molar-refractivity contribution in [2.24, 2.45) is 5.10 Å². The number of halogens is 1. The van der Waals surface area contributed by atoms with Crippen LogP contribution in [0.25, 0.3) is 0 Å². The summed E-state index contributed by atoms with van der Waals surface area (Å²) in [5.74, 6) is 3.06. The van der Waals surface area contributed by atoms with Gasteiger partial charge in [-0.15, -0.1) is 0 Å². The minimum absolute atomic E-state index is 0.0564. The van der Waals surface area contributed by atoms with Crippen molar-refractivity contribution < 1.29 is 18.9 Å². The lowest BCUT2D eigenvalue weighted by atomic mass is 9.96. The van der Waals surface area contributed by atoms with Crippen LogP contribution in [-0.2, 0) is 0 Å². The number of rotatable bonds is 6. The molecule has 2 heterocycles. The van der Waals surface area contributed by atoms with E-state index in [0.717, 1.165) is 44.8 Å². The van der Waals surface area contributed by atoms with E-state index in [-0.39, 0.29) is 18.4 Å². The van der Waals surface area contributed by atoms with Crippen LogP contribution in [0.15, 0.2) is 70.2 Å². The average Bonchev–Trinajstić information content (AvgIpc) is 3.29. The average molecular weight is 523 g/mol. The van der Waals surface area contributed by atoms with Gasteiger partial charge in [-0.2, -0.15) is 5.10 Å². The predicted molar refractivity (Wildman–Crippen MR) is 135 cm³/mol. The molecule has 0 N–H and O–H groups in total. The molecule has 176 valence electrons. The molecule has 2 aliphatic rings. The van der Waals surface area contributed by atoms with Crippen LogP contribution in [0.5, 0.6) is 23.0 Å². The first-order chi connectivity index (χ1) is 16.5. The first-order valence-corrected chi connectivity index (χ1v) is 12.1. The molecule has 0 amide bonds. The summed E-state index contributed by atoms with van der Waals surface area (Å²) in [7, 11) is 3.27. The lowest BCUT2D eigenvalue weighted by Crippen LogP contribution is -2.33. The zero-order valence-electron chi connectivity index (χ0n) is 19.6. The normalized spacial score (nSPS) is 18.6. The van der Waals surface area contributed by atoms with Gasteiger partial charge in [-0.1, -0.05) is 15.9 Å². The van der Waals surface area contributed by atoms with Crippen molar-refractivity contribution in [1.29, 1.82) is 0 Å². The zero-order chi connectivity index (χ0) is 23.8. The van der Waals surface area contributed by atoms with Crippen LogP contribution in [0.2, 0.25) is 0 Å². The molecule has 0 saturated heterocycles. The minimum atomic E-state index is -0.389. The fourth-order valence-corrected chi connectivity index (χ4v) is 4.84. The Morgan fingerprint density at radius 3 is 2.44 bits per heavy atom. The van der Waals surface area contributed by atoms with E-state index in [1.807, 2.05) is 56.3 Å². The van der Waals surface area contributed by atoms with Gasteiger partial charge in [-0.3, -0.25) is 0 Å². The van der Waals surface area contributed by atoms with E-state index in [9.17, 15) is 0 Å². The van der Waals surface area contributed by atoms with Crippen molar-refractivity contribution in [3.63, 3.8) is 0 Å². The number of hydrogen-bond acceptors (Lipinski definition) is 6. The van der Waals surface area contributed by atoms with E-state index < -0.39 is 0 Å². The topological polar surface area (TPSA) is 52.5 Å². The first kappa shape index (κ1) is 22.6. The maximum Gasteiger partial charge on any atom is 0.214 e. The Kier molecular flexibility index (Phi) is 6.13. The summed E-state index contributed by atoms with van der Waals surface area (Å²) in [6, 6.07) is 20.2. The van der Waals surface area contributed by atoms with Crippen LogP contribution in [-0.4, -0.2) is 31.0 Å². The summed E-state index contributed by atoms with van der Waals surface area (Å²) in [6.45, 7) is 4.05. The Balaban J connectivity index is 1.53. The monoisotopic (exact) mass is 522 g/mol. The summed E-state index contributed by atoms with van der Waals surface area (Å²) in [5, 5.41) is 7.11. The number of hydrazone groups is 1. The number of methoxy groups -OCH3 is 2. The zero-order valence-corrected chi connectivity index (χ0v) is 21.2. The second-order valence-corrected chi connectivity index (χ2v) is 9.52. The molecule has 0 aromatic heterocycles. The van der Waals surface area contributed by atoms with Crippen LogP contribution in [0.4, 0.5) is 0 Å². The fraction of sp³-hybridized carbons (Fsp3) is 0.296. The summed E-state index contributed by atoms with van der Waals surface area (Å²) in [4.78, 5) is 0. The molecule has 3 aromatic carbocycles. The second-order valence-electron chi connectivity index (χ2n) is 8.60. The van der Waals surface area contributed by atoms with Gasteiger partial charge in [0.15, 0.2) is 11.5 Å². The quantitative estimate of drug-likeness (QED) is 0.370. The highest BCUT2D eigenvalue weighted by Crippen LogP contribution is 2.49. The van der Waals surface area contributed by atoms with Gasteiger partial charge in [-0.05, 0) is 80.1 Å². The molecule has 7 heteroatoms. The molecule has 3 aromatic rings. The van der Waals surface area contributed by atoms with Gasteiger partial charge < -0.3 is 18.9 Å². The Labute approximate surface area is 208 Å². The Bertz CT molecular complexity index is 1230. The third-order valence-electron chi connectivity index (χ3n) is 6.00. The lowest BCUT2D eigenvalue weighted by molar-refractivity contribution is -0.0192. The molecule has 0 radical (unpaired) electrons. The molecule has 0 fully saturated rings. The van der Waals surface area contributed by atoms with Gasteiger partial charge >= 0.3 is 0 Å². The van der Waals surface area contributed by atoms with E-state index in [1.165, 1.54) is 0 Å². The van der Waals surface area contributed by atoms with E-state index in [4.69, 9.17) is 24.0 Å². The molecule has 6 nitrogen and oxygen atoms in total. The molecule has 0 unspecified atom stereocenters. The highest BCUT2D eigenvalue weighted by molar-refractivity contribution is 9.10. The Hall–Kier alpha value is -3.19. The predicted octanol–water partition coefficient (Wildman–Crippen LogP) is 6.50. The first-order valence-electron chi connectivity index (χ1n) is 11.3. The molecule has 5 rings (SSSR count). The van der Waals surface area contributed by atoms with Crippen LogP contribution >= 0.6 is 15.9 Å². The summed E-state index contributed by atoms with van der Waals surface area (Å²) in [5.41, 5.74) is 4.16. The largest absolute Gasteiger partial charge is 0.493 e. The molecule has 0 spiro atoms. The van der Waals surface area contributed by atoms with Crippen molar-refractivity contribution in [3.8, 4) is 23.0 Å². The number of benzene rings is 3. The number of hydrogen-bond donors (Lipinski definition) is 0. The molecule has 0 bridgehead atoms. The number of ether oxygens (including phenoxy) is 4. The van der Waals surface area contributed by atoms with Crippen LogP contribution in [0.3, 0.4) is 0 Å². The van der Waals surface area contributed by atoms with E-state index in [1.54, 1.807) is 14.2 Å². The summed E-state index contributed by atoms with van der Waals surface area (Å²) < 4.78 is 24.3. The molecule has 34 heavy (non-hydrogen) atoms. The second kappa shape index (κ2) is 9.22. The van der Waals surface area contributed by atoms with Crippen LogP contribution in [0.1, 0.15) is 49.2 Å². The van der Waals surface area contributed by atoms with Crippen LogP contribution in [0, 0.1) is 0 Å². The SMILES string of the molecule is COc1ccc([C@H]2Oc3ccc(Br)cc3[C@H]3CC(c4ccc(OC(C)C)cc4)=NN32)cc1OC. The van der Waals surface area contributed by atoms with Crippen molar-refractivity contribution in [3.05, 3.63) is 81.8 Å². The Morgan fingerprint density at radius 1 is 0.971 bits per heavy atom. The highest BCUT2D eigenvalue weighted by atomic mass is 79.9. The fourth-order valence-electron chi connectivity index (χ4n) is 4.46. The molecule has 0 saturated carbocycles. The van der Waals surface area contributed by atoms with Gasteiger partial charge in [0.25, 0.3) is 0 Å². The van der Waals surface area contributed by atoms with Gasteiger partial charge in [-0.25, -0.2) is 5.01 Å². The van der Waals surface area contributed by atoms with E-state index >= 15 is 0 Å². The van der Waals surface area contributed by atoms with Crippen molar-refractivity contribution in [2.45, 2.75) is 38.6 Å². The third kappa shape index (κ3) is 4.20. The maximum atomic E-state index is 6.49. The molecule has 2 atom stereocenters. The van der Waals surface area contributed by atoms with Gasteiger partial charge in [0.2, 0.25) is 6.23 Å². The van der Waals surface area contributed by atoms with E-state index in [2.05, 4.69) is 39.1 Å². The smallest absolute Gasteiger partial charge is 0.214 e. The van der Waals surface area contributed by atoms with Gasteiger partial charge in [0.1, 0.15) is 11.5 Å². The van der Waals surface area contributed by atoms with Gasteiger partial charge in [0, 0.05) is 22.0 Å². The maximum absolute atomic E-state index is 6.49. The molecule has 2 aliphatic heterocycles. The minimum Gasteiger partial charge on any atom is -0.493 e. The molecule has 0 aliphatic carbocycles. The van der Waals surface area contributed by atoms with Crippen LogP contribution < -0.4 is 18.9 Å². The Morgan fingerprint density at radius 2 is 1.74 bits per heavy atom.